The van der Waals surface area contributed by atoms with Crippen molar-refractivity contribution in [2.24, 2.45) is 0 Å². The summed E-state index contributed by atoms with van der Waals surface area (Å²) in [4.78, 5) is 0. The highest BCUT2D eigenvalue weighted by Crippen LogP contribution is 2.10. The van der Waals surface area contributed by atoms with Crippen LogP contribution >= 0.6 is 0 Å². The second-order valence-corrected chi connectivity index (χ2v) is 4.85. The minimum Gasteiger partial charge on any atom is -0.381 e. The van der Waals surface area contributed by atoms with Crippen molar-refractivity contribution in [3.05, 3.63) is 0 Å². The fraction of sp³-hybridized carbons (Fsp3) is 1.00. The van der Waals surface area contributed by atoms with E-state index < -0.39 is 0 Å². The van der Waals surface area contributed by atoms with Crippen LogP contribution in [0.4, 0.5) is 0 Å². The molecule has 1 rings (SSSR count). The molecule has 1 saturated heterocycles. The molecule has 1 fully saturated rings. The molecule has 0 atom stereocenters. The van der Waals surface area contributed by atoms with E-state index in [1.807, 2.05) is 0 Å². The Morgan fingerprint density at radius 3 is 2.60 bits per heavy atom. The summed E-state index contributed by atoms with van der Waals surface area (Å²) in [6, 6.07) is 0. The van der Waals surface area contributed by atoms with Gasteiger partial charge in [0.15, 0.2) is 0 Å². The normalized spacial score (nSPS) is 19.4. The number of hydrogen-bond acceptors (Lipinski definition) is 3. The molecular weight excluding hydrogens is 190 g/mol. The Balaban J connectivity index is 2.00. The third-order valence-electron chi connectivity index (χ3n) is 3.11. The van der Waals surface area contributed by atoms with Gasteiger partial charge in [-0.2, -0.15) is 0 Å². The monoisotopic (exact) mass is 215 g/mol. The van der Waals surface area contributed by atoms with Crippen molar-refractivity contribution in [3.8, 4) is 0 Å². The van der Waals surface area contributed by atoms with Crippen molar-refractivity contribution in [2.75, 3.05) is 26.4 Å². The summed E-state index contributed by atoms with van der Waals surface area (Å²) in [5, 5.41) is 3.49. The number of hydrogen-bond donors (Lipinski definition) is 1. The minimum atomic E-state index is 0.235. The zero-order valence-corrected chi connectivity index (χ0v) is 10.3. The summed E-state index contributed by atoms with van der Waals surface area (Å²) in [5.74, 6) is 0. The molecule has 0 aromatic carbocycles. The lowest BCUT2D eigenvalue weighted by Crippen LogP contribution is -2.41. The van der Waals surface area contributed by atoms with Gasteiger partial charge in [0, 0.05) is 25.3 Å². The molecule has 1 N–H and O–H groups in total. The first-order valence-corrected chi connectivity index (χ1v) is 6.08. The van der Waals surface area contributed by atoms with E-state index in [1.54, 1.807) is 0 Å². The van der Waals surface area contributed by atoms with E-state index in [-0.39, 0.29) is 5.54 Å². The lowest BCUT2D eigenvalue weighted by Gasteiger charge is -2.26. The van der Waals surface area contributed by atoms with Crippen LogP contribution < -0.4 is 5.32 Å². The number of nitrogens with one attached hydrogen (secondary N) is 1. The molecule has 1 aliphatic heterocycles. The van der Waals surface area contributed by atoms with Gasteiger partial charge >= 0.3 is 0 Å². The zero-order chi connectivity index (χ0) is 11.1. The van der Waals surface area contributed by atoms with Crippen LogP contribution in [0.3, 0.4) is 0 Å². The third-order valence-corrected chi connectivity index (χ3v) is 3.11. The molecule has 15 heavy (non-hydrogen) atoms. The van der Waals surface area contributed by atoms with Crippen molar-refractivity contribution in [1.82, 2.24) is 5.32 Å². The van der Waals surface area contributed by atoms with Gasteiger partial charge in [-0.3, -0.25) is 0 Å². The molecule has 90 valence electrons. The number of ether oxygens (including phenoxy) is 2. The summed E-state index contributed by atoms with van der Waals surface area (Å²) in [5.41, 5.74) is 0.235. The lowest BCUT2D eigenvalue weighted by molar-refractivity contribution is -0.0315. The molecule has 3 nitrogen and oxygen atoms in total. The Kier molecular flexibility index (Phi) is 5.58. The van der Waals surface area contributed by atoms with Gasteiger partial charge in [-0.1, -0.05) is 6.92 Å². The molecule has 1 heterocycles. The maximum atomic E-state index is 5.78. The van der Waals surface area contributed by atoms with Crippen molar-refractivity contribution in [2.45, 2.75) is 51.7 Å². The van der Waals surface area contributed by atoms with E-state index in [0.717, 1.165) is 45.6 Å². The first kappa shape index (κ1) is 12.9. The molecule has 0 radical (unpaired) electrons. The molecule has 0 aliphatic carbocycles. The second kappa shape index (κ2) is 6.46. The van der Waals surface area contributed by atoms with Gasteiger partial charge in [-0.25, -0.2) is 0 Å². The highest BCUT2D eigenvalue weighted by molar-refractivity contribution is 4.74. The van der Waals surface area contributed by atoms with E-state index in [4.69, 9.17) is 9.47 Å². The quantitative estimate of drug-likeness (QED) is 0.687. The summed E-state index contributed by atoms with van der Waals surface area (Å²) < 4.78 is 11.1. The van der Waals surface area contributed by atoms with Gasteiger partial charge in [0.05, 0.1) is 12.7 Å². The standard InChI is InChI=1S/C12H25NO2/c1-4-12(2,3)13-7-10-15-11-5-8-14-9-6-11/h11,13H,4-10H2,1-3H3. The van der Waals surface area contributed by atoms with Crippen molar-refractivity contribution in [1.29, 1.82) is 0 Å². The zero-order valence-electron chi connectivity index (χ0n) is 10.3. The molecule has 0 saturated carbocycles. The molecule has 0 aromatic heterocycles. The van der Waals surface area contributed by atoms with E-state index >= 15 is 0 Å². The molecule has 0 aromatic rings. The Morgan fingerprint density at radius 2 is 2.00 bits per heavy atom. The van der Waals surface area contributed by atoms with Gasteiger partial charge < -0.3 is 14.8 Å². The highest BCUT2D eigenvalue weighted by atomic mass is 16.5. The van der Waals surface area contributed by atoms with Crippen LogP contribution in [0, 0.1) is 0 Å². The van der Waals surface area contributed by atoms with Crippen molar-refractivity contribution in [3.63, 3.8) is 0 Å². The third kappa shape index (κ3) is 5.50. The predicted molar refractivity (Wildman–Crippen MR) is 62.2 cm³/mol. The van der Waals surface area contributed by atoms with Crippen LogP contribution in [-0.4, -0.2) is 38.0 Å². The van der Waals surface area contributed by atoms with E-state index in [2.05, 4.69) is 26.1 Å². The smallest absolute Gasteiger partial charge is 0.0619 e. The largest absolute Gasteiger partial charge is 0.381 e. The fourth-order valence-corrected chi connectivity index (χ4v) is 1.58. The Bertz CT molecular complexity index is 165. The topological polar surface area (TPSA) is 30.5 Å². The summed E-state index contributed by atoms with van der Waals surface area (Å²) in [6.45, 7) is 10.1. The molecule has 3 heteroatoms. The highest BCUT2D eigenvalue weighted by Gasteiger charge is 2.15. The predicted octanol–water partition coefficient (Wildman–Crippen LogP) is 1.96. The van der Waals surface area contributed by atoms with Crippen LogP contribution in [0.25, 0.3) is 0 Å². The molecule has 0 amide bonds. The van der Waals surface area contributed by atoms with Crippen LogP contribution in [0.2, 0.25) is 0 Å². The first-order valence-electron chi connectivity index (χ1n) is 6.08. The van der Waals surface area contributed by atoms with E-state index in [1.165, 1.54) is 0 Å². The molecule has 1 aliphatic rings. The SMILES string of the molecule is CCC(C)(C)NCCOC1CCOCC1. The van der Waals surface area contributed by atoms with E-state index in [9.17, 15) is 0 Å². The average molecular weight is 215 g/mol. The number of rotatable bonds is 6. The van der Waals surface area contributed by atoms with Gasteiger partial charge in [0.25, 0.3) is 0 Å². The maximum absolute atomic E-state index is 5.78. The molecule has 0 bridgehead atoms. The summed E-state index contributed by atoms with van der Waals surface area (Å²) in [6.07, 6.45) is 3.67. The molecular formula is C12H25NO2. The first-order chi connectivity index (χ1) is 7.14. The minimum absolute atomic E-state index is 0.235. The van der Waals surface area contributed by atoms with Gasteiger partial charge in [0.2, 0.25) is 0 Å². The lowest BCUT2D eigenvalue weighted by atomic mass is 10.0. The van der Waals surface area contributed by atoms with Crippen molar-refractivity contribution < 1.29 is 9.47 Å². The van der Waals surface area contributed by atoms with Crippen LogP contribution in [0.1, 0.15) is 40.0 Å². The van der Waals surface area contributed by atoms with Crippen LogP contribution in [-0.2, 0) is 9.47 Å². The van der Waals surface area contributed by atoms with Crippen molar-refractivity contribution >= 4 is 0 Å². The fourth-order valence-electron chi connectivity index (χ4n) is 1.58. The second-order valence-electron chi connectivity index (χ2n) is 4.85. The average Bonchev–Trinajstić information content (AvgIpc) is 2.26. The van der Waals surface area contributed by atoms with Crippen LogP contribution in [0.5, 0.6) is 0 Å². The Labute approximate surface area is 93.5 Å². The van der Waals surface area contributed by atoms with Gasteiger partial charge in [-0.15, -0.1) is 0 Å². The summed E-state index contributed by atoms with van der Waals surface area (Å²) in [7, 11) is 0. The summed E-state index contributed by atoms with van der Waals surface area (Å²) >= 11 is 0. The van der Waals surface area contributed by atoms with E-state index in [0.29, 0.717) is 6.10 Å². The molecule has 0 unspecified atom stereocenters. The Hall–Kier alpha value is -0.120. The Morgan fingerprint density at radius 1 is 1.33 bits per heavy atom. The maximum Gasteiger partial charge on any atom is 0.0619 e. The van der Waals surface area contributed by atoms with Crippen LogP contribution in [0.15, 0.2) is 0 Å². The van der Waals surface area contributed by atoms with Gasteiger partial charge in [-0.05, 0) is 33.1 Å². The van der Waals surface area contributed by atoms with Gasteiger partial charge in [0.1, 0.15) is 0 Å². The molecule has 0 spiro atoms.